The highest BCUT2D eigenvalue weighted by atomic mass is 127. The number of tetrazole rings is 1. The zero-order valence-electron chi connectivity index (χ0n) is 8.96. The van der Waals surface area contributed by atoms with Crippen molar-refractivity contribution in [1.82, 2.24) is 20.2 Å². The Hall–Kier alpha value is 1.000. The third-order valence-corrected chi connectivity index (χ3v) is 6.35. The van der Waals surface area contributed by atoms with Gasteiger partial charge in [-0.15, -0.1) is 5.10 Å². The third kappa shape index (κ3) is 5.10. The Labute approximate surface area is 136 Å². The van der Waals surface area contributed by atoms with Crippen molar-refractivity contribution < 1.29 is 0 Å². The SMILES string of the molecule is CCCCCc1nnnn1CC(I)=C(I)I. The molecule has 0 aromatic carbocycles. The molecule has 0 unspecified atom stereocenters. The average molecular weight is 558 g/mol. The summed E-state index contributed by atoms with van der Waals surface area (Å²) in [6, 6.07) is 0. The Morgan fingerprint density at radius 3 is 2.62 bits per heavy atom. The van der Waals surface area contributed by atoms with Crippen LogP contribution in [0.15, 0.2) is 5.17 Å². The van der Waals surface area contributed by atoms with Gasteiger partial charge in [-0.25, -0.2) is 4.68 Å². The molecule has 0 aliphatic carbocycles. The Bertz CT molecular complexity index is 357. The van der Waals surface area contributed by atoms with Crippen LogP contribution in [0.3, 0.4) is 0 Å². The van der Waals surface area contributed by atoms with E-state index in [1.807, 2.05) is 4.68 Å². The number of nitrogens with zero attached hydrogens (tertiary/aromatic N) is 4. The molecule has 0 spiro atoms. The van der Waals surface area contributed by atoms with E-state index in [1.165, 1.54) is 24.4 Å². The summed E-state index contributed by atoms with van der Waals surface area (Å²) in [6.45, 7) is 2.99. The van der Waals surface area contributed by atoms with Crippen LogP contribution < -0.4 is 0 Å². The van der Waals surface area contributed by atoms with E-state index in [0.29, 0.717) is 0 Å². The molecule has 90 valence electrons. The van der Waals surface area contributed by atoms with Crippen molar-refractivity contribution in [2.75, 3.05) is 0 Å². The molecular weight excluding hydrogens is 545 g/mol. The molecule has 16 heavy (non-hydrogen) atoms. The molecule has 1 rings (SSSR count). The summed E-state index contributed by atoms with van der Waals surface area (Å²) in [4.78, 5) is 0. The fourth-order valence-electron chi connectivity index (χ4n) is 1.25. The van der Waals surface area contributed by atoms with Crippen LogP contribution in [0.25, 0.3) is 0 Å². The molecular formula is C9H13I3N4. The van der Waals surface area contributed by atoms with Crippen LogP contribution in [0.2, 0.25) is 0 Å². The number of allylic oxidation sites excluding steroid dienone is 1. The van der Waals surface area contributed by atoms with Gasteiger partial charge in [0.15, 0.2) is 5.82 Å². The van der Waals surface area contributed by atoms with Crippen LogP contribution in [0.5, 0.6) is 0 Å². The lowest BCUT2D eigenvalue weighted by Gasteiger charge is -2.04. The van der Waals surface area contributed by atoms with Crippen LogP contribution in [0, 0.1) is 0 Å². The van der Waals surface area contributed by atoms with Gasteiger partial charge in [-0.05, 0) is 84.6 Å². The van der Waals surface area contributed by atoms with E-state index >= 15 is 0 Å². The normalized spacial score (nSPS) is 10.5. The van der Waals surface area contributed by atoms with Gasteiger partial charge < -0.3 is 0 Å². The van der Waals surface area contributed by atoms with Crippen molar-refractivity contribution in [3.63, 3.8) is 0 Å². The average Bonchev–Trinajstić information content (AvgIpc) is 2.66. The van der Waals surface area contributed by atoms with E-state index in [4.69, 9.17) is 0 Å². The minimum atomic E-state index is 0.788. The maximum absolute atomic E-state index is 4.07. The van der Waals surface area contributed by atoms with E-state index < -0.39 is 0 Å². The van der Waals surface area contributed by atoms with Crippen molar-refractivity contribution in [1.29, 1.82) is 0 Å². The smallest absolute Gasteiger partial charge is 0.151 e. The van der Waals surface area contributed by atoms with Crippen LogP contribution in [-0.2, 0) is 13.0 Å². The number of unbranched alkanes of at least 4 members (excludes halogenated alkanes) is 2. The fourth-order valence-corrected chi connectivity index (χ4v) is 1.91. The fraction of sp³-hybridized carbons (Fsp3) is 0.667. The summed E-state index contributed by atoms with van der Waals surface area (Å²) in [7, 11) is 0. The molecule has 0 amide bonds. The minimum Gasteiger partial charge on any atom is -0.225 e. The molecule has 0 saturated carbocycles. The number of hydrogen-bond acceptors (Lipinski definition) is 3. The monoisotopic (exact) mass is 558 g/mol. The van der Waals surface area contributed by atoms with Crippen molar-refractivity contribution in [3.05, 3.63) is 11.0 Å². The summed E-state index contributed by atoms with van der Waals surface area (Å²) in [5, 5.41) is 11.8. The molecule has 0 atom stereocenters. The summed E-state index contributed by atoms with van der Waals surface area (Å²) < 4.78 is 4.45. The Morgan fingerprint density at radius 1 is 1.25 bits per heavy atom. The summed E-state index contributed by atoms with van der Waals surface area (Å²) in [5.74, 6) is 0.997. The van der Waals surface area contributed by atoms with Gasteiger partial charge in [-0.2, -0.15) is 0 Å². The molecule has 0 N–H and O–H groups in total. The van der Waals surface area contributed by atoms with Gasteiger partial charge in [0.2, 0.25) is 0 Å². The van der Waals surface area contributed by atoms with Gasteiger partial charge >= 0.3 is 0 Å². The molecule has 0 bridgehead atoms. The van der Waals surface area contributed by atoms with Crippen molar-refractivity contribution in [2.45, 2.75) is 39.2 Å². The summed E-state index contributed by atoms with van der Waals surface area (Å²) in [5.41, 5.74) is 0. The van der Waals surface area contributed by atoms with Gasteiger partial charge in [0, 0.05) is 10.0 Å². The minimum absolute atomic E-state index is 0.788. The molecule has 4 nitrogen and oxygen atoms in total. The molecule has 1 heterocycles. The number of rotatable bonds is 6. The highest BCUT2D eigenvalue weighted by molar-refractivity contribution is 14.2. The first kappa shape index (κ1) is 15.1. The van der Waals surface area contributed by atoms with Crippen LogP contribution in [0.4, 0.5) is 0 Å². The molecule has 0 radical (unpaired) electrons. The quantitative estimate of drug-likeness (QED) is 0.394. The zero-order chi connectivity index (χ0) is 12.0. The molecule has 0 aliphatic rings. The van der Waals surface area contributed by atoms with Crippen LogP contribution >= 0.6 is 67.8 Å². The van der Waals surface area contributed by atoms with Crippen molar-refractivity contribution in [3.8, 4) is 0 Å². The Morgan fingerprint density at radius 2 is 2.00 bits per heavy atom. The molecule has 0 saturated heterocycles. The van der Waals surface area contributed by atoms with Gasteiger partial charge in [-0.3, -0.25) is 0 Å². The predicted molar refractivity (Wildman–Crippen MR) is 90.1 cm³/mol. The molecule has 0 aliphatic heterocycles. The topological polar surface area (TPSA) is 43.6 Å². The van der Waals surface area contributed by atoms with E-state index in [-0.39, 0.29) is 0 Å². The van der Waals surface area contributed by atoms with Crippen LogP contribution in [-0.4, -0.2) is 20.2 Å². The lowest BCUT2D eigenvalue weighted by molar-refractivity contribution is 0.604. The lowest BCUT2D eigenvalue weighted by atomic mass is 10.2. The van der Waals surface area contributed by atoms with Crippen molar-refractivity contribution in [2.24, 2.45) is 0 Å². The van der Waals surface area contributed by atoms with Gasteiger partial charge in [0.25, 0.3) is 0 Å². The molecule has 1 aromatic rings. The summed E-state index contributed by atoms with van der Waals surface area (Å²) in [6.07, 6.45) is 4.61. The van der Waals surface area contributed by atoms with Crippen LogP contribution in [0.1, 0.15) is 32.0 Å². The van der Waals surface area contributed by atoms with E-state index in [1.54, 1.807) is 0 Å². The lowest BCUT2D eigenvalue weighted by Crippen LogP contribution is -2.06. The Balaban J connectivity index is 2.60. The maximum Gasteiger partial charge on any atom is 0.151 e. The first-order valence-corrected chi connectivity index (χ1v) is 8.33. The first-order valence-electron chi connectivity index (χ1n) is 5.09. The van der Waals surface area contributed by atoms with Gasteiger partial charge in [0.05, 0.1) is 8.13 Å². The maximum atomic E-state index is 4.07. The highest BCUT2D eigenvalue weighted by Crippen LogP contribution is 2.26. The zero-order valence-corrected chi connectivity index (χ0v) is 15.4. The molecule has 0 fully saturated rings. The molecule has 1 aromatic heterocycles. The standard InChI is InChI=1S/C9H13I3N4/c1-2-3-4-5-8-13-14-15-16(8)6-7(10)9(11)12/h2-6H2,1H3. The second-order valence-electron chi connectivity index (χ2n) is 3.38. The third-order valence-electron chi connectivity index (χ3n) is 2.10. The second-order valence-corrected chi connectivity index (χ2v) is 8.90. The Kier molecular flexibility index (Phi) is 7.68. The van der Waals surface area contributed by atoms with E-state index in [2.05, 4.69) is 90.2 Å². The first-order chi connectivity index (χ1) is 7.65. The van der Waals surface area contributed by atoms with Gasteiger partial charge in [-0.1, -0.05) is 19.8 Å². The van der Waals surface area contributed by atoms with E-state index in [0.717, 1.165) is 18.8 Å². The summed E-state index contributed by atoms with van der Waals surface area (Å²) >= 11 is 6.98. The second kappa shape index (κ2) is 8.16. The van der Waals surface area contributed by atoms with Crippen molar-refractivity contribution >= 4 is 67.8 Å². The number of aryl methyl sites for hydroxylation is 1. The highest BCUT2D eigenvalue weighted by Gasteiger charge is 2.07. The largest absolute Gasteiger partial charge is 0.225 e. The predicted octanol–water partition coefficient (Wildman–Crippen LogP) is 3.88. The number of halogens is 3. The molecule has 7 heteroatoms. The van der Waals surface area contributed by atoms with Gasteiger partial charge in [0.1, 0.15) is 0 Å². The number of aromatic nitrogens is 4. The van der Waals surface area contributed by atoms with E-state index in [9.17, 15) is 0 Å². The number of hydrogen-bond donors (Lipinski definition) is 0.